The van der Waals surface area contributed by atoms with Crippen LogP contribution in [0.15, 0.2) is 54.7 Å². The molecule has 0 spiro atoms. The van der Waals surface area contributed by atoms with Gasteiger partial charge in [0.2, 0.25) is 5.91 Å². The van der Waals surface area contributed by atoms with E-state index in [1.54, 1.807) is 30.5 Å². The highest BCUT2D eigenvalue weighted by atomic mass is 19.1. The van der Waals surface area contributed by atoms with Crippen LogP contribution >= 0.6 is 0 Å². The molecule has 0 radical (unpaired) electrons. The zero-order chi connectivity index (χ0) is 27.2. The molecule has 37 heavy (non-hydrogen) atoms. The van der Waals surface area contributed by atoms with E-state index < -0.39 is 36.1 Å². The highest BCUT2D eigenvalue weighted by Gasteiger charge is 2.34. The Bertz CT molecular complexity index is 1190. The summed E-state index contributed by atoms with van der Waals surface area (Å²) in [4.78, 5) is 18.0. The lowest BCUT2D eigenvalue weighted by Crippen LogP contribution is -2.44. The van der Waals surface area contributed by atoms with Crippen molar-refractivity contribution < 1.29 is 22.7 Å². The summed E-state index contributed by atoms with van der Waals surface area (Å²) in [5.41, 5.74) is 6.99. The van der Waals surface area contributed by atoms with Gasteiger partial charge in [-0.25, -0.2) is 18.2 Å². The number of alkyl halides is 1. The van der Waals surface area contributed by atoms with Crippen LogP contribution in [0.3, 0.4) is 0 Å². The van der Waals surface area contributed by atoms with Crippen molar-refractivity contribution in [1.29, 1.82) is 0 Å². The molecule has 3 N–H and O–H groups in total. The summed E-state index contributed by atoms with van der Waals surface area (Å²) in [5.74, 6) is -0.603. The van der Waals surface area contributed by atoms with Crippen molar-refractivity contribution in [2.24, 2.45) is 11.1 Å². The number of benzene rings is 2. The normalized spacial score (nSPS) is 14.3. The van der Waals surface area contributed by atoms with E-state index in [1.807, 2.05) is 25.3 Å². The Morgan fingerprint density at radius 1 is 1.11 bits per heavy atom. The predicted molar refractivity (Wildman–Crippen MR) is 137 cm³/mol. The summed E-state index contributed by atoms with van der Waals surface area (Å²) < 4.78 is 47.9. The summed E-state index contributed by atoms with van der Waals surface area (Å²) in [6.07, 6.45) is 1.50. The van der Waals surface area contributed by atoms with Crippen LogP contribution in [0.5, 0.6) is 0 Å². The molecule has 2 aromatic carbocycles. The number of carbonyl (C=O) groups excluding carboxylic acids is 1. The second kappa shape index (κ2) is 12.4. The highest BCUT2D eigenvalue weighted by Crippen LogP contribution is 2.34. The maximum Gasteiger partial charge on any atom is 0.249 e. The number of nitrogens with two attached hydrogens (primary N) is 1. The van der Waals surface area contributed by atoms with E-state index in [4.69, 9.17) is 15.5 Å². The molecule has 0 saturated carbocycles. The molecule has 1 heterocycles. The monoisotopic (exact) mass is 516 g/mol. The molecule has 0 aliphatic rings. The molecule has 0 bridgehead atoms. The van der Waals surface area contributed by atoms with Crippen molar-refractivity contribution >= 4 is 5.91 Å². The number of halogens is 3. The molecular weight excluding hydrogens is 481 g/mol. The molecule has 9 heteroatoms. The fourth-order valence-corrected chi connectivity index (χ4v) is 4.11. The highest BCUT2D eigenvalue weighted by molar-refractivity contribution is 5.81. The molecule has 0 fully saturated rings. The number of hydrogen-bond donors (Lipinski definition) is 2. The molecule has 0 saturated heterocycles. The standard InChI is InChI=1S/C28H35F3N4O2/c1-28(2,3)25(34-27(36)24(37-4)12-11-22(32)15-29)26-33-23(19-8-6-10-21(31)14-19)17-35(26)16-18-7-5-9-20(30)13-18/h5-10,13-14,17,22,24-25H,11-12,15-16,32H2,1-4H3,(H,34,36)/t22-,24?,25+/m1/s1. The minimum Gasteiger partial charge on any atom is -0.372 e. The maximum absolute atomic E-state index is 14.0. The van der Waals surface area contributed by atoms with Crippen LogP contribution in [-0.2, 0) is 16.1 Å². The van der Waals surface area contributed by atoms with E-state index in [9.17, 15) is 18.0 Å². The maximum atomic E-state index is 14.0. The van der Waals surface area contributed by atoms with Crippen molar-refractivity contribution in [2.45, 2.75) is 58.3 Å². The minimum absolute atomic E-state index is 0.260. The number of amides is 1. The lowest BCUT2D eigenvalue weighted by Gasteiger charge is -2.32. The zero-order valence-electron chi connectivity index (χ0n) is 21.7. The average molecular weight is 517 g/mol. The molecule has 1 aromatic heterocycles. The van der Waals surface area contributed by atoms with Crippen molar-refractivity contribution in [3.63, 3.8) is 0 Å². The third-order valence-electron chi connectivity index (χ3n) is 6.16. The first kappa shape index (κ1) is 28.4. The first-order valence-corrected chi connectivity index (χ1v) is 12.2. The Kier molecular flexibility index (Phi) is 9.50. The fraction of sp³-hybridized carbons (Fsp3) is 0.429. The number of nitrogens with zero attached hydrogens (tertiary/aromatic N) is 2. The molecule has 0 aliphatic carbocycles. The van der Waals surface area contributed by atoms with E-state index >= 15 is 0 Å². The van der Waals surface area contributed by atoms with E-state index in [0.717, 1.165) is 0 Å². The van der Waals surface area contributed by atoms with E-state index in [-0.39, 0.29) is 24.7 Å². The van der Waals surface area contributed by atoms with Crippen LogP contribution in [0.25, 0.3) is 11.3 Å². The smallest absolute Gasteiger partial charge is 0.249 e. The van der Waals surface area contributed by atoms with Gasteiger partial charge in [0, 0.05) is 31.5 Å². The molecule has 1 unspecified atom stereocenters. The van der Waals surface area contributed by atoms with E-state index in [2.05, 4.69) is 5.32 Å². The van der Waals surface area contributed by atoms with Gasteiger partial charge in [0.15, 0.2) is 0 Å². The van der Waals surface area contributed by atoms with Gasteiger partial charge in [0.1, 0.15) is 30.2 Å². The van der Waals surface area contributed by atoms with Gasteiger partial charge in [-0.05, 0) is 48.1 Å². The predicted octanol–water partition coefficient (Wildman–Crippen LogP) is 5.17. The topological polar surface area (TPSA) is 82.2 Å². The van der Waals surface area contributed by atoms with Crippen molar-refractivity contribution in [3.05, 3.63) is 77.8 Å². The summed E-state index contributed by atoms with van der Waals surface area (Å²) in [6, 6.07) is 11.1. The van der Waals surface area contributed by atoms with E-state index in [1.165, 1.54) is 31.4 Å². The molecule has 3 atom stereocenters. The molecule has 1 amide bonds. The van der Waals surface area contributed by atoms with Gasteiger partial charge in [0.05, 0.1) is 11.7 Å². The van der Waals surface area contributed by atoms with Gasteiger partial charge >= 0.3 is 0 Å². The Morgan fingerprint density at radius 3 is 2.38 bits per heavy atom. The summed E-state index contributed by atoms with van der Waals surface area (Å²) >= 11 is 0. The van der Waals surface area contributed by atoms with Crippen LogP contribution in [0.4, 0.5) is 13.2 Å². The van der Waals surface area contributed by atoms with Crippen LogP contribution in [0.1, 0.15) is 51.0 Å². The third kappa shape index (κ3) is 7.66. The number of methoxy groups -OCH3 is 1. The van der Waals surface area contributed by atoms with Crippen LogP contribution in [-0.4, -0.2) is 41.4 Å². The average Bonchev–Trinajstić information content (AvgIpc) is 3.25. The second-order valence-corrected chi connectivity index (χ2v) is 10.3. The van der Waals surface area contributed by atoms with Gasteiger partial charge in [-0.3, -0.25) is 4.79 Å². The Labute approximate surface area is 216 Å². The lowest BCUT2D eigenvalue weighted by atomic mass is 9.85. The number of carbonyl (C=O) groups is 1. The van der Waals surface area contributed by atoms with Crippen molar-refractivity contribution in [1.82, 2.24) is 14.9 Å². The molecule has 6 nitrogen and oxygen atoms in total. The number of rotatable bonds is 11. The summed E-state index contributed by atoms with van der Waals surface area (Å²) in [7, 11) is 1.42. The molecular formula is C28H35F3N4O2. The van der Waals surface area contributed by atoms with Crippen LogP contribution < -0.4 is 11.1 Å². The molecule has 3 rings (SSSR count). The second-order valence-electron chi connectivity index (χ2n) is 10.3. The quantitative estimate of drug-likeness (QED) is 0.368. The van der Waals surface area contributed by atoms with Crippen LogP contribution in [0.2, 0.25) is 0 Å². The Hall–Kier alpha value is -3.17. The number of aromatic nitrogens is 2. The molecule has 3 aromatic rings. The fourth-order valence-electron chi connectivity index (χ4n) is 4.11. The first-order chi connectivity index (χ1) is 17.5. The van der Waals surface area contributed by atoms with Crippen LogP contribution in [0, 0.1) is 17.0 Å². The van der Waals surface area contributed by atoms with Gasteiger partial charge in [0.25, 0.3) is 0 Å². The van der Waals surface area contributed by atoms with Crippen molar-refractivity contribution in [2.75, 3.05) is 13.8 Å². The number of ether oxygens (including phenoxy) is 1. The summed E-state index contributed by atoms with van der Waals surface area (Å²) in [5, 5.41) is 3.05. The van der Waals surface area contributed by atoms with Gasteiger partial charge in [-0.2, -0.15) is 0 Å². The number of nitrogens with one attached hydrogen (secondary N) is 1. The van der Waals surface area contributed by atoms with E-state index in [0.29, 0.717) is 29.1 Å². The van der Waals surface area contributed by atoms with Gasteiger partial charge in [-0.15, -0.1) is 0 Å². The number of imidazole rings is 1. The largest absolute Gasteiger partial charge is 0.372 e. The lowest BCUT2D eigenvalue weighted by molar-refractivity contribution is -0.133. The minimum atomic E-state index is -0.822. The zero-order valence-corrected chi connectivity index (χ0v) is 21.7. The van der Waals surface area contributed by atoms with Gasteiger partial charge in [-0.1, -0.05) is 45.0 Å². The third-order valence-corrected chi connectivity index (χ3v) is 6.16. The van der Waals surface area contributed by atoms with Crippen molar-refractivity contribution in [3.8, 4) is 11.3 Å². The number of hydrogen-bond acceptors (Lipinski definition) is 4. The molecule has 200 valence electrons. The summed E-state index contributed by atoms with van der Waals surface area (Å²) in [6.45, 7) is 5.49. The Balaban J connectivity index is 2.01. The van der Waals surface area contributed by atoms with Gasteiger partial charge < -0.3 is 20.4 Å². The Morgan fingerprint density at radius 2 is 1.78 bits per heavy atom. The first-order valence-electron chi connectivity index (χ1n) is 12.2. The SMILES string of the molecule is COC(CC[C@@H](N)CF)C(=O)N[C@@H](c1nc(-c2cccc(F)c2)cn1Cc1cccc(F)c1)C(C)(C)C. The molecule has 0 aliphatic heterocycles.